The topological polar surface area (TPSA) is 120 Å². The van der Waals surface area contributed by atoms with E-state index in [0.29, 0.717) is 11.5 Å². The van der Waals surface area contributed by atoms with Crippen molar-refractivity contribution in [2.75, 3.05) is 14.2 Å². The first-order chi connectivity index (χ1) is 15.0. The molecule has 0 radical (unpaired) electrons. The molecule has 3 aromatic rings. The number of carboxylic acids is 1. The van der Waals surface area contributed by atoms with Crippen LogP contribution in [0.15, 0.2) is 67.0 Å². The van der Waals surface area contributed by atoms with Crippen molar-refractivity contribution in [3.05, 3.63) is 83.9 Å². The van der Waals surface area contributed by atoms with E-state index in [1.54, 1.807) is 37.7 Å². The summed E-state index contributed by atoms with van der Waals surface area (Å²) >= 11 is 0. The van der Waals surface area contributed by atoms with Crippen molar-refractivity contribution in [1.82, 2.24) is 15.3 Å². The summed E-state index contributed by atoms with van der Waals surface area (Å²) in [6.07, 6.45) is 3.87. The average Bonchev–Trinajstić information content (AvgIpc) is 2.80. The molecule has 1 atom stereocenters. The van der Waals surface area contributed by atoms with Crippen LogP contribution in [0.5, 0.6) is 11.5 Å². The Morgan fingerprint density at radius 1 is 0.968 bits per heavy atom. The van der Waals surface area contributed by atoms with E-state index in [2.05, 4.69) is 15.3 Å². The van der Waals surface area contributed by atoms with E-state index in [9.17, 15) is 4.79 Å². The lowest BCUT2D eigenvalue weighted by Crippen LogP contribution is -2.32. The molecule has 31 heavy (non-hydrogen) atoms. The highest BCUT2D eigenvalue weighted by Crippen LogP contribution is 2.27. The number of nitrogens with one attached hydrogen (secondary N) is 1. The number of carboxylic acid groups (broad SMARTS) is 1. The van der Waals surface area contributed by atoms with Gasteiger partial charge in [-0.25, -0.2) is 0 Å². The first kappa shape index (κ1) is 23.8. The third-order valence-corrected chi connectivity index (χ3v) is 4.29. The summed E-state index contributed by atoms with van der Waals surface area (Å²) < 4.78 is 10.2. The molecular formula is C23H28N4O4. The van der Waals surface area contributed by atoms with Gasteiger partial charge in [-0.2, -0.15) is 0 Å². The quantitative estimate of drug-likeness (QED) is 0.479. The van der Waals surface area contributed by atoms with Crippen LogP contribution < -0.4 is 20.5 Å². The van der Waals surface area contributed by atoms with Crippen molar-refractivity contribution in [3.8, 4) is 11.5 Å². The maximum absolute atomic E-state index is 10.6. The second-order valence-electron chi connectivity index (χ2n) is 6.58. The Morgan fingerprint density at radius 2 is 1.55 bits per heavy atom. The van der Waals surface area contributed by atoms with E-state index in [4.69, 9.17) is 20.3 Å². The van der Waals surface area contributed by atoms with Gasteiger partial charge in [0.15, 0.2) is 11.5 Å². The lowest BCUT2D eigenvalue weighted by molar-refractivity contribution is -0.138. The summed E-state index contributed by atoms with van der Waals surface area (Å²) in [5.41, 5.74) is 8.34. The van der Waals surface area contributed by atoms with Crippen LogP contribution in [0.25, 0.3) is 0 Å². The normalized spacial score (nSPS) is 11.1. The van der Waals surface area contributed by atoms with E-state index >= 15 is 0 Å². The number of aromatic nitrogens is 2. The van der Waals surface area contributed by atoms with Crippen LogP contribution in [0.3, 0.4) is 0 Å². The average molecular weight is 425 g/mol. The molecule has 0 bridgehead atoms. The van der Waals surface area contributed by atoms with Crippen LogP contribution in [-0.2, 0) is 24.3 Å². The number of nitrogens with zero attached hydrogens (tertiary/aromatic N) is 2. The van der Waals surface area contributed by atoms with Gasteiger partial charge in [-0.1, -0.05) is 18.2 Å². The molecule has 0 saturated carbocycles. The van der Waals surface area contributed by atoms with Crippen LogP contribution in [-0.4, -0.2) is 41.3 Å². The Balaban J connectivity index is 0.000000220. The maximum Gasteiger partial charge on any atom is 0.320 e. The second kappa shape index (κ2) is 12.9. The minimum absolute atomic E-state index is 0.260. The first-order valence-electron chi connectivity index (χ1n) is 9.73. The van der Waals surface area contributed by atoms with E-state index in [0.717, 1.165) is 30.0 Å². The fourth-order valence-corrected chi connectivity index (χ4v) is 2.67. The molecule has 4 N–H and O–H groups in total. The predicted molar refractivity (Wildman–Crippen MR) is 118 cm³/mol. The van der Waals surface area contributed by atoms with Gasteiger partial charge in [-0.05, 0) is 48.4 Å². The Hall–Kier alpha value is -3.49. The highest BCUT2D eigenvalue weighted by molar-refractivity contribution is 5.73. The molecule has 164 valence electrons. The van der Waals surface area contributed by atoms with Crippen molar-refractivity contribution in [3.63, 3.8) is 0 Å². The molecule has 3 rings (SSSR count). The maximum atomic E-state index is 10.6. The van der Waals surface area contributed by atoms with Gasteiger partial charge in [0.05, 0.1) is 25.6 Å². The van der Waals surface area contributed by atoms with Crippen LogP contribution in [0.4, 0.5) is 0 Å². The summed E-state index contributed by atoms with van der Waals surface area (Å²) in [5.74, 6) is 0.155. The number of benzene rings is 1. The number of rotatable bonds is 9. The highest BCUT2D eigenvalue weighted by atomic mass is 16.5. The van der Waals surface area contributed by atoms with Crippen LogP contribution in [0.2, 0.25) is 0 Å². The van der Waals surface area contributed by atoms with Crippen molar-refractivity contribution >= 4 is 5.97 Å². The Labute approximate surface area is 182 Å². The lowest BCUT2D eigenvalue weighted by atomic mass is 10.1. The molecular weight excluding hydrogens is 396 g/mol. The first-order valence-corrected chi connectivity index (χ1v) is 9.73. The number of hydrogen-bond donors (Lipinski definition) is 3. The summed E-state index contributed by atoms with van der Waals surface area (Å²) in [4.78, 5) is 19.1. The molecule has 0 fully saturated rings. The van der Waals surface area contributed by atoms with Gasteiger partial charge >= 0.3 is 5.97 Å². The number of hydrogen-bond acceptors (Lipinski definition) is 7. The number of ether oxygens (including phenoxy) is 2. The van der Waals surface area contributed by atoms with Crippen LogP contribution >= 0.6 is 0 Å². The molecule has 0 saturated heterocycles. The van der Waals surface area contributed by atoms with Crippen LogP contribution in [0, 0.1) is 0 Å². The highest BCUT2D eigenvalue weighted by Gasteiger charge is 2.13. The third kappa shape index (κ3) is 8.41. The summed E-state index contributed by atoms with van der Waals surface area (Å²) in [6.45, 7) is 1.55. The van der Waals surface area contributed by atoms with Crippen molar-refractivity contribution in [2.45, 2.75) is 25.6 Å². The fourth-order valence-electron chi connectivity index (χ4n) is 2.67. The monoisotopic (exact) mass is 424 g/mol. The molecule has 8 heteroatoms. The zero-order chi connectivity index (χ0) is 22.5. The summed E-state index contributed by atoms with van der Waals surface area (Å²) in [5, 5.41) is 12.0. The molecule has 0 aliphatic carbocycles. The number of pyridine rings is 2. The van der Waals surface area contributed by atoms with Gasteiger partial charge < -0.3 is 25.6 Å². The minimum atomic E-state index is -1.02. The van der Waals surface area contributed by atoms with Crippen molar-refractivity contribution in [1.29, 1.82) is 0 Å². The van der Waals surface area contributed by atoms with Crippen molar-refractivity contribution in [2.24, 2.45) is 5.73 Å². The van der Waals surface area contributed by atoms with E-state index < -0.39 is 12.0 Å². The van der Waals surface area contributed by atoms with Crippen molar-refractivity contribution < 1.29 is 19.4 Å². The standard InChI is InChI=1S/C12H13N3.C11H15NO4/c1-3-7-14-11(5-1)9-13-10-12-6-2-4-8-15-12;1-15-9-4-3-7(6-10(9)16-2)5-8(12)11(13)14/h1-8,13H,9-10H2;3-4,6,8H,5,12H2,1-2H3,(H,13,14). The molecule has 0 aliphatic heterocycles. The predicted octanol–water partition coefficient (Wildman–Crippen LogP) is 2.42. The Kier molecular flexibility index (Phi) is 9.93. The van der Waals surface area contributed by atoms with Gasteiger partial charge in [-0.3, -0.25) is 14.8 Å². The minimum Gasteiger partial charge on any atom is -0.493 e. The number of aliphatic carboxylic acids is 1. The molecule has 1 aromatic carbocycles. The second-order valence-corrected chi connectivity index (χ2v) is 6.58. The summed E-state index contributed by atoms with van der Waals surface area (Å²) in [6, 6.07) is 16.1. The van der Waals surface area contributed by atoms with Crippen LogP contribution in [0.1, 0.15) is 17.0 Å². The van der Waals surface area contributed by atoms with E-state index in [1.807, 2.05) is 36.4 Å². The molecule has 0 aliphatic rings. The molecule has 0 spiro atoms. The molecule has 1 unspecified atom stereocenters. The Bertz CT molecular complexity index is 884. The zero-order valence-electron chi connectivity index (χ0n) is 17.7. The summed E-state index contributed by atoms with van der Waals surface area (Å²) in [7, 11) is 3.07. The number of nitrogens with two attached hydrogens (primary N) is 1. The van der Waals surface area contributed by atoms with Gasteiger partial charge in [0.2, 0.25) is 0 Å². The van der Waals surface area contributed by atoms with E-state index in [1.165, 1.54) is 7.11 Å². The van der Waals surface area contributed by atoms with Gasteiger partial charge in [0.25, 0.3) is 0 Å². The zero-order valence-corrected chi connectivity index (χ0v) is 17.7. The fraction of sp³-hybridized carbons (Fsp3) is 0.261. The van der Waals surface area contributed by atoms with Gasteiger partial charge in [0.1, 0.15) is 6.04 Å². The smallest absolute Gasteiger partial charge is 0.320 e. The largest absolute Gasteiger partial charge is 0.493 e. The number of carbonyl (C=O) groups is 1. The molecule has 8 nitrogen and oxygen atoms in total. The van der Waals surface area contributed by atoms with E-state index in [-0.39, 0.29) is 6.42 Å². The number of methoxy groups -OCH3 is 2. The molecule has 0 amide bonds. The lowest BCUT2D eigenvalue weighted by Gasteiger charge is -2.11. The molecule has 2 heterocycles. The molecule has 2 aromatic heterocycles. The van der Waals surface area contributed by atoms with Gasteiger partial charge in [0, 0.05) is 25.5 Å². The third-order valence-electron chi connectivity index (χ3n) is 4.29. The Morgan fingerprint density at radius 3 is 2.00 bits per heavy atom. The SMILES string of the molecule is COc1ccc(CC(N)C(=O)O)cc1OC.c1ccc(CNCc2ccccn2)nc1. The van der Waals surface area contributed by atoms with Gasteiger partial charge in [-0.15, -0.1) is 0 Å².